The average molecular weight is 429 g/mol. The lowest BCUT2D eigenvalue weighted by Crippen LogP contribution is -2.15. The summed E-state index contributed by atoms with van der Waals surface area (Å²) < 4.78 is 32.7. The number of methoxy groups -OCH3 is 1. The van der Waals surface area contributed by atoms with Crippen LogP contribution in [0.25, 0.3) is 0 Å². The van der Waals surface area contributed by atoms with Gasteiger partial charge in [0, 0.05) is 21.8 Å². The highest BCUT2D eigenvalue weighted by Crippen LogP contribution is 2.22. The standard InChI is InChI=1S/C21H20N2O4S2/c1-27-18-9-11-20(12-10-18)29(25,26)23-17-7-3-5-15(13-17)21(24)22-16-6-4-8-19(14-16)28-2/h3-14,23H,1-2H3,(H,22,24). The largest absolute Gasteiger partial charge is 0.497 e. The van der Waals surface area contributed by atoms with E-state index in [0.29, 0.717) is 22.7 Å². The third-order valence-corrected chi connectivity index (χ3v) is 6.20. The second-order valence-corrected chi connectivity index (χ2v) is 8.61. The molecule has 3 aromatic rings. The molecule has 0 saturated heterocycles. The van der Waals surface area contributed by atoms with Crippen LogP contribution in [0.4, 0.5) is 11.4 Å². The van der Waals surface area contributed by atoms with Crippen LogP contribution in [0.2, 0.25) is 0 Å². The summed E-state index contributed by atoms with van der Waals surface area (Å²) in [6.07, 6.45) is 1.96. The Morgan fingerprint density at radius 2 is 1.62 bits per heavy atom. The van der Waals surface area contributed by atoms with Crippen LogP contribution in [0.1, 0.15) is 10.4 Å². The highest BCUT2D eigenvalue weighted by molar-refractivity contribution is 7.98. The normalized spacial score (nSPS) is 11.0. The Morgan fingerprint density at radius 1 is 0.931 bits per heavy atom. The van der Waals surface area contributed by atoms with Gasteiger partial charge in [0.15, 0.2) is 0 Å². The van der Waals surface area contributed by atoms with E-state index in [1.807, 2.05) is 24.5 Å². The zero-order valence-corrected chi connectivity index (χ0v) is 17.5. The predicted octanol–water partition coefficient (Wildman–Crippen LogP) is 4.47. The zero-order chi connectivity index (χ0) is 20.9. The molecule has 0 bridgehead atoms. The van der Waals surface area contributed by atoms with Gasteiger partial charge in [-0.1, -0.05) is 12.1 Å². The van der Waals surface area contributed by atoms with Crippen molar-refractivity contribution < 1.29 is 17.9 Å². The van der Waals surface area contributed by atoms with E-state index in [-0.39, 0.29) is 10.8 Å². The minimum atomic E-state index is -3.79. The molecule has 0 aromatic heterocycles. The number of anilines is 2. The Labute approximate surface area is 174 Å². The molecule has 2 N–H and O–H groups in total. The number of nitrogens with one attached hydrogen (secondary N) is 2. The molecule has 0 unspecified atom stereocenters. The molecule has 0 fully saturated rings. The van der Waals surface area contributed by atoms with Gasteiger partial charge in [-0.25, -0.2) is 8.42 Å². The van der Waals surface area contributed by atoms with Crippen molar-refractivity contribution in [2.24, 2.45) is 0 Å². The second-order valence-electron chi connectivity index (χ2n) is 6.05. The van der Waals surface area contributed by atoms with Gasteiger partial charge in [0.25, 0.3) is 15.9 Å². The van der Waals surface area contributed by atoms with Crippen molar-refractivity contribution in [2.75, 3.05) is 23.4 Å². The van der Waals surface area contributed by atoms with E-state index in [0.717, 1.165) is 4.90 Å². The quantitative estimate of drug-likeness (QED) is 0.543. The van der Waals surface area contributed by atoms with Gasteiger partial charge in [0.1, 0.15) is 5.75 Å². The van der Waals surface area contributed by atoms with Crippen molar-refractivity contribution in [1.29, 1.82) is 0 Å². The Morgan fingerprint density at radius 3 is 2.31 bits per heavy atom. The van der Waals surface area contributed by atoms with E-state index in [9.17, 15) is 13.2 Å². The monoisotopic (exact) mass is 428 g/mol. The number of hydrogen-bond donors (Lipinski definition) is 2. The van der Waals surface area contributed by atoms with Crippen molar-refractivity contribution in [3.05, 3.63) is 78.4 Å². The summed E-state index contributed by atoms with van der Waals surface area (Å²) in [5, 5.41) is 2.82. The second kappa shape index (κ2) is 9.02. The fraction of sp³-hybridized carbons (Fsp3) is 0.0952. The summed E-state index contributed by atoms with van der Waals surface area (Å²) >= 11 is 1.58. The summed E-state index contributed by atoms with van der Waals surface area (Å²) in [6.45, 7) is 0. The molecule has 8 heteroatoms. The molecule has 0 aliphatic carbocycles. The first-order chi connectivity index (χ1) is 13.9. The van der Waals surface area contributed by atoms with Crippen LogP contribution in [0.3, 0.4) is 0 Å². The van der Waals surface area contributed by atoms with Gasteiger partial charge >= 0.3 is 0 Å². The number of carbonyl (C=O) groups excluding carboxylic acids is 1. The number of benzene rings is 3. The lowest BCUT2D eigenvalue weighted by molar-refractivity contribution is 0.102. The van der Waals surface area contributed by atoms with Gasteiger partial charge in [0.2, 0.25) is 0 Å². The van der Waals surface area contributed by atoms with E-state index in [1.165, 1.54) is 25.3 Å². The van der Waals surface area contributed by atoms with Crippen LogP contribution in [0.5, 0.6) is 5.75 Å². The highest BCUT2D eigenvalue weighted by Gasteiger charge is 2.15. The van der Waals surface area contributed by atoms with Crippen molar-refractivity contribution in [3.63, 3.8) is 0 Å². The summed E-state index contributed by atoms with van der Waals surface area (Å²) in [4.78, 5) is 13.7. The van der Waals surface area contributed by atoms with Crippen LogP contribution in [0, 0.1) is 0 Å². The fourth-order valence-electron chi connectivity index (χ4n) is 2.60. The Balaban J connectivity index is 1.76. The van der Waals surface area contributed by atoms with Gasteiger partial charge in [-0.05, 0) is 66.9 Å². The third-order valence-electron chi connectivity index (χ3n) is 4.07. The first-order valence-electron chi connectivity index (χ1n) is 8.63. The number of sulfonamides is 1. The maximum absolute atomic E-state index is 12.6. The Hall–Kier alpha value is -2.97. The summed E-state index contributed by atoms with van der Waals surface area (Å²) in [7, 11) is -2.28. The number of amides is 1. The molecule has 1 amide bonds. The summed E-state index contributed by atoms with van der Waals surface area (Å²) in [6, 6.07) is 19.9. The molecule has 3 rings (SSSR count). The molecule has 0 aliphatic rings. The summed E-state index contributed by atoms with van der Waals surface area (Å²) in [5.74, 6) is 0.238. The lowest BCUT2D eigenvalue weighted by atomic mass is 10.2. The molecule has 0 spiro atoms. The van der Waals surface area contributed by atoms with E-state index in [2.05, 4.69) is 10.0 Å². The van der Waals surface area contributed by atoms with Gasteiger partial charge in [-0.3, -0.25) is 9.52 Å². The third kappa shape index (κ3) is 5.30. The molecular weight excluding hydrogens is 408 g/mol. The maximum Gasteiger partial charge on any atom is 0.261 e. The topological polar surface area (TPSA) is 84.5 Å². The number of carbonyl (C=O) groups is 1. The van der Waals surface area contributed by atoms with Crippen LogP contribution in [0.15, 0.2) is 82.6 Å². The number of hydrogen-bond acceptors (Lipinski definition) is 5. The van der Waals surface area contributed by atoms with E-state index < -0.39 is 10.0 Å². The molecular formula is C21H20N2O4S2. The molecule has 3 aromatic carbocycles. The molecule has 0 radical (unpaired) electrons. The molecule has 29 heavy (non-hydrogen) atoms. The molecule has 0 atom stereocenters. The van der Waals surface area contributed by atoms with Crippen LogP contribution >= 0.6 is 11.8 Å². The molecule has 150 valence electrons. The number of rotatable bonds is 7. The van der Waals surface area contributed by atoms with Crippen LogP contribution in [-0.2, 0) is 10.0 Å². The highest BCUT2D eigenvalue weighted by atomic mass is 32.2. The zero-order valence-electron chi connectivity index (χ0n) is 15.9. The maximum atomic E-state index is 12.6. The Kier molecular flexibility index (Phi) is 6.46. The van der Waals surface area contributed by atoms with Crippen molar-refractivity contribution >= 4 is 39.1 Å². The van der Waals surface area contributed by atoms with Gasteiger partial charge in [0.05, 0.1) is 12.0 Å². The summed E-state index contributed by atoms with van der Waals surface area (Å²) in [5.41, 5.74) is 1.31. The number of ether oxygens (including phenoxy) is 1. The molecule has 0 heterocycles. The molecule has 0 aliphatic heterocycles. The van der Waals surface area contributed by atoms with Crippen molar-refractivity contribution in [3.8, 4) is 5.75 Å². The smallest absolute Gasteiger partial charge is 0.261 e. The van der Waals surface area contributed by atoms with Gasteiger partial charge in [-0.15, -0.1) is 11.8 Å². The minimum Gasteiger partial charge on any atom is -0.497 e. The van der Waals surface area contributed by atoms with Crippen LogP contribution < -0.4 is 14.8 Å². The first kappa shape index (κ1) is 20.8. The van der Waals surface area contributed by atoms with E-state index in [1.54, 1.807) is 48.2 Å². The van der Waals surface area contributed by atoms with E-state index >= 15 is 0 Å². The Bertz CT molecular complexity index is 1110. The van der Waals surface area contributed by atoms with Crippen molar-refractivity contribution in [2.45, 2.75) is 9.79 Å². The first-order valence-corrected chi connectivity index (χ1v) is 11.3. The minimum absolute atomic E-state index is 0.0991. The van der Waals surface area contributed by atoms with Crippen LogP contribution in [-0.4, -0.2) is 27.7 Å². The average Bonchev–Trinajstić information content (AvgIpc) is 2.73. The molecule has 6 nitrogen and oxygen atoms in total. The van der Waals surface area contributed by atoms with Crippen molar-refractivity contribution in [1.82, 2.24) is 0 Å². The van der Waals surface area contributed by atoms with Gasteiger partial charge in [-0.2, -0.15) is 0 Å². The molecule has 0 saturated carbocycles. The predicted molar refractivity (Wildman–Crippen MR) is 116 cm³/mol. The van der Waals surface area contributed by atoms with Gasteiger partial charge < -0.3 is 10.1 Å². The fourth-order valence-corrected chi connectivity index (χ4v) is 4.11. The lowest BCUT2D eigenvalue weighted by Gasteiger charge is -2.11. The SMILES string of the molecule is COc1ccc(S(=O)(=O)Nc2cccc(C(=O)Nc3cccc(SC)c3)c2)cc1. The van der Waals surface area contributed by atoms with E-state index in [4.69, 9.17) is 4.74 Å². The number of thioether (sulfide) groups is 1.